The molecule has 0 aromatic carbocycles. The van der Waals surface area contributed by atoms with Gasteiger partial charge < -0.3 is 15.0 Å². The van der Waals surface area contributed by atoms with Crippen LogP contribution in [0.3, 0.4) is 0 Å². The Morgan fingerprint density at radius 2 is 2.11 bits per heavy atom. The third-order valence-corrected chi connectivity index (χ3v) is 2.74. The molecule has 0 aliphatic heterocycles. The fourth-order valence-corrected chi connectivity index (χ4v) is 1.81. The summed E-state index contributed by atoms with van der Waals surface area (Å²) in [6.45, 7) is 10.7. The van der Waals surface area contributed by atoms with E-state index in [1.807, 2.05) is 12.1 Å². The molecule has 1 aromatic rings. The number of nitrogens with one attached hydrogen (secondary N) is 1. The van der Waals surface area contributed by atoms with Gasteiger partial charge in [0.15, 0.2) is 5.82 Å². The van der Waals surface area contributed by atoms with Crippen molar-refractivity contribution < 1.29 is 4.74 Å². The van der Waals surface area contributed by atoms with E-state index in [1.54, 1.807) is 7.11 Å². The van der Waals surface area contributed by atoms with Gasteiger partial charge in [0.2, 0.25) is 0 Å². The Balaban J connectivity index is 2.66. The highest BCUT2D eigenvalue weighted by molar-refractivity contribution is 5.37. The molecule has 1 rings (SSSR count). The molecule has 0 saturated carbocycles. The Morgan fingerprint density at radius 1 is 1.32 bits per heavy atom. The van der Waals surface area contributed by atoms with Crippen molar-refractivity contribution in [3.63, 3.8) is 0 Å². The van der Waals surface area contributed by atoms with Crippen molar-refractivity contribution in [3.05, 3.63) is 17.8 Å². The quantitative estimate of drug-likeness (QED) is 0.737. The lowest BCUT2D eigenvalue weighted by Gasteiger charge is -2.24. The summed E-state index contributed by atoms with van der Waals surface area (Å²) in [5.41, 5.74) is 0.974. The van der Waals surface area contributed by atoms with Gasteiger partial charge >= 0.3 is 0 Å². The molecule has 1 aromatic heterocycles. The molecular weight excluding hydrogens is 240 g/mol. The third kappa shape index (κ3) is 5.98. The van der Waals surface area contributed by atoms with Gasteiger partial charge in [0.05, 0.1) is 12.3 Å². The molecule has 0 spiro atoms. The molecule has 0 radical (unpaired) electrons. The number of nitrogens with zero attached hydrogens (tertiary/aromatic N) is 3. The van der Waals surface area contributed by atoms with Crippen LogP contribution in [0.25, 0.3) is 0 Å². The van der Waals surface area contributed by atoms with Gasteiger partial charge in [-0.2, -0.15) is 5.10 Å². The molecule has 5 heteroatoms. The number of rotatable bonds is 9. The van der Waals surface area contributed by atoms with Crippen LogP contribution in [0, 0.1) is 5.92 Å². The van der Waals surface area contributed by atoms with E-state index in [9.17, 15) is 0 Å². The van der Waals surface area contributed by atoms with Crippen LogP contribution in [-0.4, -0.2) is 43.5 Å². The van der Waals surface area contributed by atoms with Gasteiger partial charge in [0.25, 0.3) is 0 Å². The molecule has 1 heterocycles. The average molecular weight is 266 g/mol. The van der Waals surface area contributed by atoms with Gasteiger partial charge in [0, 0.05) is 26.7 Å². The Bertz CT molecular complexity index is 340. The van der Waals surface area contributed by atoms with Crippen LogP contribution < -0.4 is 10.2 Å². The highest BCUT2D eigenvalue weighted by atomic mass is 16.5. The second kappa shape index (κ2) is 8.82. The Kier molecular flexibility index (Phi) is 7.36. The monoisotopic (exact) mass is 266 g/mol. The summed E-state index contributed by atoms with van der Waals surface area (Å²) in [4.78, 5) is 2.22. The van der Waals surface area contributed by atoms with E-state index in [-0.39, 0.29) is 0 Å². The molecule has 5 nitrogen and oxygen atoms in total. The van der Waals surface area contributed by atoms with Crippen LogP contribution in [0.4, 0.5) is 5.82 Å². The number of ether oxygens (including phenoxy) is 1. The van der Waals surface area contributed by atoms with E-state index >= 15 is 0 Å². The molecule has 0 aliphatic carbocycles. The van der Waals surface area contributed by atoms with Crippen LogP contribution in [-0.2, 0) is 11.3 Å². The highest BCUT2D eigenvalue weighted by Crippen LogP contribution is 2.11. The number of hydrogen-bond acceptors (Lipinski definition) is 5. The minimum atomic E-state index is 0.583. The second-order valence-corrected chi connectivity index (χ2v) is 5.00. The summed E-state index contributed by atoms with van der Waals surface area (Å²) in [6, 6.07) is 4.07. The first-order valence-electron chi connectivity index (χ1n) is 6.94. The topological polar surface area (TPSA) is 50.3 Å². The lowest BCUT2D eigenvalue weighted by molar-refractivity contribution is 0.204. The van der Waals surface area contributed by atoms with Gasteiger partial charge in [0.1, 0.15) is 0 Å². The van der Waals surface area contributed by atoms with Crippen molar-refractivity contribution in [3.8, 4) is 0 Å². The van der Waals surface area contributed by atoms with E-state index in [0.717, 1.165) is 37.7 Å². The maximum Gasteiger partial charge on any atom is 0.151 e. The first-order valence-corrected chi connectivity index (χ1v) is 6.94. The third-order valence-electron chi connectivity index (χ3n) is 2.74. The molecule has 0 bridgehead atoms. The zero-order valence-electron chi connectivity index (χ0n) is 12.5. The van der Waals surface area contributed by atoms with Gasteiger partial charge in [-0.25, -0.2) is 0 Å². The predicted molar refractivity (Wildman–Crippen MR) is 78.3 cm³/mol. The van der Waals surface area contributed by atoms with Gasteiger partial charge in [-0.3, -0.25) is 0 Å². The zero-order valence-corrected chi connectivity index (χ0v) is 12.5. The first-order chi connectivity index (χ1) is 9.17. The summed E-state index contributed by atoms with van der Waals surface area (Å²) in [7, 11) is 1.72. The Labute approximate surface area is 116 Å². The fourth-order valence-electron chi connectivity index (χ4n) is 1.81. The molecule has 0 aliphatic rings. The van der Waals surface area contributed by atoms with Crippen molar-refractivity contribution in [1.29, 1.82) is 0 Å². The fraction of sp³-hybridized carbons (Fsp3) is 0.714. The maximum atomic E-state index is 5.15. The first kappa shape index (κ1) is 15.9. The second-order valence-electron chi connectivity index (χ2n) is 5.00. The molecule has 0 amide bonds. The van der Waals surface area contributed by atoms with Crippen molar-refractivity contribution in [1.82, 2.24) is 15.5 Å². The van der Waals surface area contributed by atoms with Crippen molar-refractivity contribution in [2.45, 2.75) is 27.3 Å². The van der Waals surface area contributed by atoms with E-state index in [2.05, 4.69) is 41.2 Å². The molecule has 0 atom stereocenters. The van der Waals surface area contributed by atoms with Gasteiger partial charge in [-0.15, -0.1) is 5.10 Å². The number of aromatic nitrogens is 2. The summed E-state index contributed by atoms with van der Waals surface area (Å²) in [5.74, 6) is 1.51. The predicted octanol–water partition coefficient (Wildman–Crippen LogP) is 1.69. The Hall–Kier alpha value is -1.20. The van der Waals surface area contributed by atoms with Crippen LogP contribution in [0.1, 0.15) is 26.5 Å². The molecule has 0 unspecified atom stereocenters. The van der Waals surface area contributed by atoms with E-state index in [0.29, 0.717) is 12.5 Å². The van der Waals surface area contributed by atoms with Crippen LogP contribution in [0.5, 0.6) is 0 Å². The number of methoxy groups -OCH3 is 1. The maximum absolute atomic E-state index is 5.15. The SMILES string of the molecule is CCNCc1ccc(N(CCOC)CC(C)C)nn1. The molecular formula is C14H26N4O. The summed E-state index contributed by atoms with van der Waals surface area (Å²) in [6.07, 6.45) is 0. The van der Waals surface area contributed by atoms with E-state index < -0.39 is 0 Å². The molecule has 0 fully saturated rings. The number of anilines is 1. The minimum absolute atomic E-state index is 0.583. The van der Waals surface area contributed by atoms with E-state index in [4.69, 9.17) is 4.74 Å². The highest BCUT2D eigenvalue weighted by Gasteiger charge is 2.10. The van der Waals surface area contributed by atoms with Crippen LogP contribution in [0.15, 0.2) is 12.1 Å². The van der Waals surface area contributed by atoms with E-state index in [1.165, 1.54) is 0 Å². The van der Waals surface area contributed by atoms with Crippen LogP contribution >= 0.6 is 0 Å². The number of hydrogen-bond donors (Lipinski definition) is 1. The summed E-state index contributed by atoms with van der Waals surface area (Å²) in [5, 5.41) is 11.8. The standard InChI is InChI=1S/C14H26N4O/c1-5-15-10-13-6-7-14(17-16-13)18(8-9-19-4)11-12(2)3/h6-7,12,15H,5,8-11H2,1-4H3. The largest absolute Gasteiger partial charge is 0.383 e. The van der Waals surface area contributed by atoms with Gasteiger partial charge in [-0.05, 0) is 24.6 Å². The van der Waals surface area contributed by atoms with Gasteiger partial charge in [-0.1, -0.05) is 20.8 Å². The average Bonchev–Trinajstić information content (AvgIpc) is 2.41. The van der Waals surface area contributed by atoms with Crippen LogP contribution in [0.2, 0.25) is 0 Å². The molecule has 19 heavy (non-hydrogen) atoms. The lowest BCUT2D eigenvalue weighted by Crippen LogP contribution is -2.32. The summed E-state index contributed by atoms with van der Waals surface area (Å²) >= 11 is 0. The zero-order chi connectivity index (χ0) is 14.1. The van der Waals surface area contributed by atoms with Crippen molar-refractivity contribution in [2.75, 3.05) is 38.3 Å². The molecule has 0 saturated heterocycles. The summed E-state index contributed by atoms with van der Waals surface area (Å²) < 4.78 is 5.15. The van der Waals surface area contributed by atoms with Crippen molar-refractivity contribution >= 4 is 5.82 Å². The van der Waals surface area contributed by atoms with Crippen molar-refractivity contribution in [2.24, 2.45) is 5.92 Å². The minimum Gasteiger partial charge on any atom is -0.383 e. The smallest absolute Gasteiger partial charge is 0.151 e. The lowest BCUT2D eigenvalue weighted by atomic mass is 10.2. The Morgan fingerprint density at radius 3 is 2.63 bits per heavy atom. The molecule has 1 N–H and O–H groups in total. The normalized spacial score (nSPS) is 11.0. The molecule has 108 valence electrons.